The number of hydrogen-bond donors (Lipinski definition) is 3. The predicted octanol–water partition coefficient (Wildman–Crippen LogP) is 2.49. The van der Waals surface area contributed by atoms with Crippen LogP contribution in [0.15, 0.2) is 47.4 Å². The Hall–Kier alpha value is -2.58. The molecule has 0 bridgehead atoms. The van der Waals surface area contributed by atoms with Crippen molar-refractivity contribution in [3.63, 3.8) is 0 Å². The third-order valence-corrected chi connectivity index (χ3v) is 5.99. The first-order valence-electron chi connectivity index (χ1n) is 8.71. The van der Waals surface area contributed by atoms with E-state index in [-0.39, 0.29) is 16.8 Å². The third kappa shape index (κ3) is 4.58. The van der Waals surface area contributed by atoms with E-state index in [4.69, 9.17) is 4.74 Å². The van der Waals surface area contributed by atoms with Gasteiger partial charge >= 0.3 is 0 Å². The molecule has 1 fully saturated rings. The Labute approximate surface area is 159 Å². The van der Waals surface area contributed by atoms with Crippen LogP contribution in [-0.2, 0) is 14.8 Å². The van der Waals surface area contributed by atoms with Gasteiger partial charge in [-0.2, -0.15) is 0 Å². The van der Waals surface area contributed by atoms with Gasteiger partial charge in [0.25, 0.3) is 10.0 Å². The molecule has 2 aromatic rings. The van der Waals surface area contributed by atoms with Crippen LogP contribution < -0.4 is 20.1 Å². The van der Waals surface area contributed by atoms with Crippen molar-refractivity contribution in [2.45, 2.75) is 30.7 Å². The minimum atomic E-state index is -3.80. The zero-order chi connectivity index (χ0) is 19.4. The lowest BCUT2D eigenvalue weighted by Gasteiger charge is -2.14. The standard InChI is InChI=1S/C19H23N3O4S/c1-13-5-6-15(21-19(23)17-4-3-11-20-17)12-18(13)27(24,25)22-14-7-9-16(26-2)10-8-14/h5-10,12,17,20,22H,3-4,11H2,1-2H3,(H,21,23). The van der Waals surface area contributed by atoms with E-state index < -0.39 is 10.0 Å². The molecule has 0 radical (unpaired) electrons. The van der Waals surface area contributed by atoms with Crippen LogP contribution in [-0.4, -0.2) is 34.0 Å². The number of anilines is 2. The van der Waals surface area contributed by atoms with Crippen LogP contribution in [0.4, 0.5) is 11.4 Å². The number of sulfonamides is 1. The highest BCUT2D eigenvalue weighted by atomic mass is 32.2. The first kappa shape index (κ1) is 19.2. The Kier molecular flexibility index (Phi) is 5.67. The SMILES string of the molecule is COc1ccc(NS(=O)(=O)c2cc(NC(=O)C3CCCN3)ccc2C)cc1. The van der Waals surface area contributed by atoms with Crippen LogP contribution >= 0.6 is 0 Å². The van der Waals surface area contributed by atoms with Crippen LogP contribution in [0.3, 0.4) is 0 Å². The van der Waals surface area contributed by atoms with Gasteiger partial charge in [-0.15, -0.1) is 0 Å². The molecule has 2 aromatic carbocycles. The minimum Gasteiger partial charge on any atom is -0.497 e. The molecule has 0 saturated carbocycles. The van der Waals surface area contributed by atoms with Gasteiger partial charge < -0.3 is 15.4 Å². The molecule has 1 aliphatic rings. The average Bonchev–Trinajstić information content (AvgIpc) is 3.18. The van der Waals surface area contributed by atoms with E-state index in [0.717, 1.165) is 19.4 Å². The van der Waals surface area contributed by atoms with Gasteiger partial charge in [-0.25, -0.2) is 8.42 Å². The molecule has 1 saturated heterocycles. The number of aryl methyl sites for hydroxylation is 1. The molecule has 3 rings (SSSR count). The summed E-state index contributed by atoms with van der Waals surface area (Å²) in [5, 5.41) is 5.91. The number of benzene rings is 2. The Morgan fingerprint density at radius 1 is 1.15 bits per heavy atom. The molecule has 0 aliphatic carbocycles. The van der Waals surface area contributed by atoms with Gasteiger partial charge in [0.2, 0.25) is 5.91 Å². The fourth-order valence-corrected chi connectivity index (χ4v) is 4.30. The van der Waals surface area contributed by atoms with E-state index in [1.165, 1.54) is 6.07 Å². The highest BCUT2D eigenvalue weighted by Gasteiger charge is 2.23. The van der Waals surface area contributed by atoms with Crippen molar-refractivity contribution in [1.29, 1.82) is 0 Å². The Balaban J connectivity index is 1.80. The highest BCUT2D eigenvalue weighted by molar-refractivity contribution is 7.92. The molecule has 1 atom stereocenters. The van der Waals surface area contributed by atoms with E-state index >= 15 is 0 Å². The van der Waals surface area contributed by atoms with Crippen LogP contribution in [0.2, 0.25) is 0 Å². The summed E-state index contributed by atoms with van der Waals surface area (Å²) in [4.78, 5) is 12.4. The van der Waals surface area contributed by atoms with Crippen molar-refractivity contribution in [2.24, 2.45) is 0 Å². The summed E-state index contributed by atoms with van der Waals surface area (Å²) < 4.78 is 33.2. The molecule has 0 aromatic heterocycles. The van der Waals surface area contributed by atoms with E-state index in [1.54, 1.807) is 50.4 Å². The van der Waals surface area contributed by atoms with E-state index in [9.17, 15) is 13.2 Å². The second-order valence-corrected chi connectivity index (χ2v) is 8.10. The van der Waals surface area contributed by atoms with Crippen LogP contribution in [0.5, 0.6) is 5.75 Å². The maximum atomic E-state index is 12.8. The maximum Gasteiger partial charge on any atom is 0.262 e. The minimum absolute atomic E-state index is 0.121. The summed E-state index contributed by atoms with van der Waals surface area (Å²) in [6, 6.07) is 11.2. The summed E-state index contributed by atoms with van der Waals surface area (Å²) in [6.07, 6.45) is 1.74. The van der Waals surface area contributed by atoms with Gasteiger partial charge in [-0.05, 0) is 68.3 Å². The molecule has 0 spiro atoms. The molecule has 1 aliphatic heterocycles. The summed E-state index contributed by atoms with van der Waals surface area (Å²) in [7, 11) is -2.25. The topological polar surface area (TPSA) is 96.5 Å². The largest absolute Gasteiger partial charge is 0.497 e. The summed E-state index contributed by atoms with van der Waals surface area (Å²) in [6.45, 7) is 2.53. The number of ether oxygens (including phenoxy) is 1. The maximum absolute atomic E-state index is 12.8. The molecule has 7 nitrogen and oxygen atoms in total. The first-order valence-corrected chi connectivity index (χ1v) is 10.2. The number of amides is 1. The molecule has 1 unspecified atom stereocenters. The lowest BCUT2D eigenvalue weighted by Crippen LogP contribution is -2.35. The van der Waals surface area contributed by atoms with E-state index in [1.807, 2.05) is 0 Å². The van der Waals surface area contributed by atoms with Crippen molar-refractivity contribution in [3.8, 4) is 5.75 Å². The first-order chi connectivity index (χ1) is 12.9. The smallest absolute Gasteiger partial charge is 0.262 e. The zero-order valence-electron chi connectivity index (χ0n) is 15.3. The summed E-state index contributed by atoms with van der Waals surface area (Å²) >= 11 is 0. The van der Waals surface area contributed by atoms with Gasteiger partial charge in [0, 0.05) is 11.4 Å². The lowest BCUT2D eigenvalue weighted by molar-refractivity contribution is -0.117. The second-order valence-electron chi connectivity index (χ2n) is 6.45. The molecule has 27 heavy (non-hydrogen) atoms. The van der Waals surface area contributed by atoms with Crippen LogP contribution in [0.25, 0.3) is 0 Å². The van der Waals surface area contributed by atoms with Crippen molar-refractivity contribution >= 4 is 27.3 Å². The number of hydrogen-bond acceptors (Lipinski definition) is 5. The number of carbonyl (C=O) groups is 1. The van der Waals surface area contributed by atoms with Gasteiger partial charge in [0.05, 0.1) is 18.0 Å². The molecular weight excluding hydrogens is 366 g/mol. The summed E-state index contributed by atoms with van der Waals surface area (Å²) in [5.74, 6) is 0.488. The number of methoxy groups -OCH3 is 1. The van der Waals surface area contributed by atoms with Crippen molar-refractivity contribution in [2.75, 3.05) is 23.7 Å². The average molecular weight is 389 g/mol. The number of nitrogens with one attached hydrogen (secondary N) is 3. The Morgan fingerprint density at radius 3 is 2.48 bits per heavy atom. The molecular formula is C19H23N3O4S. The predicted molar refractivity (Wildman–Crippen MR) is 105 cm³/mol. The molecule has 1 heterocycles. The Bertz CT molecular complexity index is 920. The monoisotopic (exact) mass is 389 g/mol. The molecule has 3 N–H and O–H groups in total. The van der Waals surface area contributed by atoms with Crippen molar-refractivity contribution < 1.29 is 17.9 Å². The third-order valence-electron chi connectivity index (χ3n) is 4.46. The summed E-state index contributed by atoms with van der Waals surface area (Å²) in [5.41, 5.74) is 1.47. The van der Waals surface area contributed by atoms with Gasteiger partial charge in [0.1, 0.15) is 5.75 Å². The zero-order valence-corrected chi connectivity index (χ0v) is 16.1. The normalized spacial score (nSPS) is 16.7. The highest BCUT2D eigenvalue weighted by Crippen LogP contribution is 2.24. The quantitative estimate of drug-likeness (QED) is 0.705. The fraction of sp³-hybridized carbons (Fsp3) is 0.316. The fourth-order valence-electron chi connectivity index (χ4n) is 2.97. The molecule has 1 amide bonds. The van der Waals surface area contributed by atoms with Gasteiger partial charge in [-0.3, -0.25) is 9.52 Å². The van der Waals surface area contributed by atoms with Gasteiger partial charge in [0.15, 0.2) is 0 Å². The molecule has 144 valence electrons. The second kappa shape index (κ2) is 7.98. The van der Waals surface area contributed by atoms with Gasteiger partial charge in [-0.1, -0.05) is 6.07 Å². The van der Waals surface area contributed by atoms with Crippen LogP contribution in [0, 0.1) is 6.92 Å². The van der Waals surface area contributed by atoms with E-state index in [2.05, 4.69) is 15.4 Å². The number of rotatable bonds is 6. The Morgan fingerprint density at radius 2 is 1.85 bits per heavy atom. The van der Waals surface area contributed by atoms with Crippen molar-refractivity contribution in [1.82, 2.24) is 5.32 Å². The van der Waals surface area contributed by atoms with Crippen molar-refractivity contribution in [3.05, 3.63) is 48.0 Å². The van der Waals surface area contributed by atoms with E-state index in [0.29, 0.717) is 22.7 Å². The molecule has 8 heteroatoms. The number of carbonyl (C=O) groups excluding carboxylic acids is 1. The van der Waals surface area contributed by atoms with Crippen LogP contribution in [0.1, 0.15) is 18.4 Å². The lowest BCUT2D eigenvalue weighted by atomic mass is 10.2.